The van der Waals surface area contributed by atoms with Crippen LogP contribution in [0, 0.1) is 0 Å². The van der Waals surface area contributed by atoms with E-state index >= 15 is 0 Å². The lowest BCUT2D eigenvalue weighted by atomic mass is 10.2. The number of halogens is 2. The summed E-state index contributed by atoms with van der Waals surface area (Å²) in [6, 6.07) is 6.11. The zero-order chi connectivity index (χ0) is 13.9. The van der Waals surface area contributed by atoms with Crippen LogP contribution in [0.5, 0.6) is 0 Å². The lowest BCUT2D eigenvalue weighted by Gasteiger charge is -2.20. The number of H-pyrrole nitrogens is 1. The average molecular weight is 311 g/mol. The van der Waals surface area contributed by atoms with Crippen molar-refractivity contribution in [2.45, 2.75) is 19.0 Å². The summed E-state index contributed by atoms with van der Waals surface area (Å²) in [5.74, 6) is 0.966. The molecule has 0 saturated carbocycles. The predicted molar refractivity (Wildman–Crippen MR) is 82.5 cm³/mol. The topological polar surface area (TPSA) is 44.0 Å². The fourth-order valence-corrected chi connectivity index (χ4v) is 3.05. The first-order chi connectivity index (χ1) is 9.72. The van der Waals surface area contributed by atoms with Gasteiger partial charge in [0.2, 0.25) is 0 Å². The number of hydrogen-bond donors (Lipinski definition) is 2. The first kappa shape index (κ1) is 13.7. The molecule has 6 heteroatoms. The van der Waals surface area contributed by atoms with Gasteiger partial charge in [-0.05, 0) is 24.6 Å². The Morgan fingerprint density at radius 2 is 2.30 bits per heavy atom. The highest BCUT2D eigenvalue weighted by Crippen LogP contribution is 2.31. The summed E-state index contributed by atoms with van der Waals surface area (Å²) in [5, 5.41) is 4.89. The highest BCUT2D eigenvalue weighted by molar-refractivity contribution is 6.36. The van der Waals surface area contributed by atoms with E-state index in [1.165, 1.54) is 0 Å². The molecule has 3 rings (SSSR count). The molecule has 1 aromatic heterocycles. The summed E-state index contributed by atoms with van der Waals surface area (Å²) in [6.07, 6.45) is 4.70. The molecule has 106 valence electrons. The van der Waals surface area contributed by atoms with Crippen LogP contribution >= 0.6 is 23.2 Å². The number of imidazole rings is 1. The van der Waals surface area contributed by atoms with Gasteiger partial charge in [-0.1, -0.05) is 23.2 Å². The molecule has 0 amide bonds. The maximum Gasteiger partial charge on any atom is 0.120 e. The fraction of sp³-hybridized carbons (Fsp3) is 0.357. The van der Waals surface area contributed by atoms with Gasteiger partial charge in [0.15, 0.2) is 0 Å². The molecule has 1 atom stereocenters. The molecular formula is C14H16Cl2N4. The Hall–Kier alpha value is -1.23. The van der Waals surface area contributed by atoms with Crippen molar-refractivity contribution in [1.82, 2.24) is 15.3 Å². The first-order valence-corrected chi connectivity index (χ1v) is 7.39. The largest absolute Gasteiger partial charge is 0.369 e. The second kappa shape index (κ2) is 6.04. The highest BCUT2D eigenvalue weighted by Gasteiger charge is 2.23. The van der Waals surface area contributed by atoms with E-state index in [0.717, 1.165) is 37.6 Å². The Bertz CT molecular complexity index is 571. The number of nitrogens with one attached hydrogen (secondary N) is 2. The SMILES string of the molecule is Clc1ccc(N2CC[C@H](NCc3ncc[nH]3)C2)c(Cl)c1. The van der Waals surface area contributed by atoms with Crippen LogP contribution in [0.1, 0.15) is 12.2 Å². The van der Waals surface area contributed by atoms with Crippen molar-refractivity contribution in [3.63, 3.8) is 0 Å². The summed E-state index contributed by atoms with van der Waals surface area (Å²) in [4.78, 5) is 9.60. The summed E-state index contributed by atoms with van der Waals surface area (Å²) < 4.78 is 0. The predicted octanol–water partition coefficient (Wildman–Crippen LogP) is 3.09. The Morgan fingerprint density at radius 1 is 1.40 bits per heavy atom. The maximum atomic E-state index is 6.25. The number of aromatic nitrogens is 2. The van der Waals surface area contributed by atoms with Crippen LogP contribution in [0.15, 0.2) is 30.6 Å². The van der Waals surface area contributed by atoms with E-state index in [2.05, 4.69) is 20.2 Å². The van der Waals surface area contributed by atoms with Gasteiger partial charge in [-0.3, -0.25) is 0 Å². The molecule has 2 aromatic rings. The quantitative estimate of drug-likeness (QED) is 0.912. The Kier molecular flexibility index (Phi) is 4.15. The standard InChI is InChI=1S/C14H16Cl2N4/c15-10-1-2-13(12(16)7-10)20-6-3-11(9-20)19-8-14-17-4-5-18-14/h1-2,4-5,7,11,19H,3,6,8-9H2,(H,17,18)/t11-/m0/s1. The zero-order valence-electron chi connectivity index (χ0n) is 10.9. The molecule has 1 fully saturated rings. The third-order valence-electron chi connectivity index (χ3n) is 3.55. The monoisotopic (exact) mass is 310 g/mol. The van der Waals surface area contributed by atoms with Crippen LogP contribution < -0.4 is 10.2 Å². The molecular weight excluding hydrogens is 295 g/mol. The van der Waals surface area contributed by atoms with Crippen molar-refractivity contribution < 1.29 is 0 Å². The highest BCUT2D eigenvalue weighted by atomic mass is 35.5. The third-order valence-corrected chi connectivity index (χ3v) is 4.09. The Labute approximate surface area is 128 Å². The van der Waals surface area contributed by atoms with E-state index in [9.17, 15) is 0 Å². The number of benzene rings is 1. The van der Waals surface area contributed by atoms with Gasteiger partial charge < -0.3 is 15.2 Å². The number of aromatic amines is 1. The molecule has 0 spiro atoms. The molecule has 20 heavy (non-hydrogen) atoms. The van der Waals surface area contributed by atoms with Crippen LogP contribution in [0.25, 0.3) is 0 Å². The van der Waals surface area contributed by atoms with Gasteiger partial charge in [0.25, 0.3) is 0 Å². The molecule has 4 nitrogen and oxygen atoms in total. The van der Waals surface area contributed by atoms with Crippen molar-refractivity contribution in [2.24, 2.45) is 0 Å². The molecule has 0 unspecified atom stereocenters. The van der Waals surface area contributed by atoms with Crippen LogP contribution in [-0.2, 0) is 6.54 Å². The third kappa shape index (κ3) is 3.08. The van der Waals surface area contributed by atoms with Gasteiger partial charge in [0.1, 0.15) is 5.82 Å². The van der Waals surface area contributed by atoms with E-state index < -0.39 is 0 Å². The molecule has 0 bridgehead atoms. The molecule has 2 N–H and O–H groups in total. The van der Waals surface area contributed by atoms with E-state index in [1.807, 2.05) is 18.3 Å². The van der Waals surface area contributed by atoms with Gasteiger partial charge in [-0.25, -0.2) is 4.98 Å². The Balaban J connectivity index is 1.59. The second-order valence-corrected chi connectivity index (χ2v) is 5.79. The molecule has 1 aliphatic rings. The van der Waals surface area contributed by atoms with E-state index in [4.69, 9.17) is 23.2 Å². The lowest BCUT2D eigenvalue weighted by Crippen LogP contribution is -2.32. The van der Waals surface area contributed by atoms with Crippen molar-refractivity contribution in [1.29, 1.82) is 0 Å². The van der Waals surface area contributed by atoms with Crippen LogP contribution in [0.3, 0.4) is 0 Å². The van der Waals surface area contributed by atoms with Gasteiger partial charge in [-0.2, -0.15) is 0 Å². The first-order valence-electron chi connectivity index (χ1n) is 6.64. The number of anilines is 1. The summed E-state index contributed by atoms with van der Waals surface area (Å²) >= 11 is 12.2. The lowest BCUT2D eigenvalue weighted by molar-refractivity contribution is 0.541. The van der Waals surface area contributed by atoms with Crippen molar-refractivity contribution in [3.05, 3.63) is 46.5 Å². The number of hydrogen-bond acceptors (Lipinski definition) is 3. The summed E-state index contributed by atoms with van der Waals surface area (Å²) in [5.41, 5.74) is 1.05. The molecule has 0 radical (unpaired) electrons. The van der Waals surface area contributed by atoms with Gasteiger partial charge >= 0.3 is 0 Å². The zero-order valence-corrected chi connectivity index (χ0v) is 12.5. The molecule has 1 aromatic carbocycles. The van der Waals surface area contributed by atoms with Gasteiger partial charge in [0.05, 0.1) is 17.3 Å². The van der Waals surface area contributed by atoms with Crippen molar-refractivity contribution in [2.75, 3.05) is 18.0 Å². The summed E-state index contributed by atoms with van der Waals surface area (Å²) in [6.45, 7) is 2.71. The van der Waals surface area contributed by atoms with E-state index in [-0.39, 0.29) is 0 Å². The van der Waals surface area contributed by atoms with Gasteiger partial charge in [0, 0.05) is 36.5 Å². The minimum absolute atomic E-state index is 0.451. The summed E-state index contributed by atoms with van der Waals surface area (Å²) in [7, 11) is 0. The van der Waals surface area contributed by atoms with Crippen molar-refractivity contribution >= 4 is 28.9 Å². The second-order valence-electron chi connectivity index (χ2n) is 4.94. The smallest absolute Gasteiger partial charge is 0.120 e. The maximum absolute atomic E-state index is 6.25. The number of rotatable bonds is 4. The molecule has 1 aliphatic heterocycles. The average Bonchev–Trinajstić information content (AvgIpc) is 3.07. The van der Waals surface area contributed by atoms with Crippen molar-refractivity contribution in [3.8, 4) is 0 Å². The van der Waals surface area contributed by atoms with Crippen LogP contribution in [0.2, 0.25) is 10.0 Å². The van der Waals surface area contributed by atoms with E-state index in [0.29, 0.717) is 16.1 Å². The molecule has 2 heterocycles. The van der Waals surface area contributed by atoms with Crippen LogP contribution in [-0.4, -0.2) is 29.1 Å². The van der Waals surface area contributed by atoms with E-state index in [1.54, 1.807) is 12.3 Å². The number of nitrogens with zero attached hydrogens (tertiary/aromatic N) is 2. The fourth-order valence-electron chi connectivity index (χ4n) is 2.52. The van der Waals surface area contributed by atoms with Gasteiger partial charge in [-0.15, -0.1) is 0 Å². The molecule has 0 aliphatic carbocycles. The minimum Gasteiger partial charge on any atom is -0.369 e. The Morgan fingerprint density at radius 3 is 3.05 bits per heavy atom. The van der Waals surface area contributed by atoms with Crippen LogP contribution in [0.4, 0.5) is 5.69 Å². The minimum atomic E-state index is 0.451. The normalized spacial score (nSPS) is 18.7. The molecule has 1 saturated heterocycles.